The Morgan fingerprint density at radius 1 is 1.45 bits per heavy atom. The van der Waals surface area contributed by atoms with Gasteiger partial charge >= 0.3 is 5.69 Å². The van der Waals surface area contributed by atoms with Crippen LogP contribution in [0.3, 0.4) is 0 Å². The average Bonchev–Trinajstić information content (AvgIpc) is 2.95. The molecule has 110 valence electrons. The van der Waals surface area contributed by atoms with E-state index in [1.54, 1.807) is 0 Å². The molecule has 0 saturated carbocycles. The Balaban J connectivity index is 2.11. The molecule has 0 bridgehead atoms. The minimum absolute atomic E-state index is 0.0941. The van der Waals surface area contributed by atoms with Crippen LogP contribution in [0.15, 0.2) is 6.33 Å². The highest BCUT2D eigenvalue weighted by atomic mass is 16.6. The molecule has 1 aromatic heterocycles. The molecule has 1 atom stereocenters. The summed E-state index contributed by atoms with van der Waals surface area (Å²) in [6, 6.07) is 0. The van der Waals surface area contributed by atoms with E-state index in [4.69, 9.17) is 4.74 Å². The van der Waals surface area contributed by atoms with Crippen molar-refractivity contribution in [2.75, 3.05) is 30.3 Å². The van der Waals surface area contributed by atoms with Gasteiger partial charge in [0, 0.05) is 19.7 Å². The van der Waals surface area contributed by atoms with Gasteiger partial charge in [-0.25, -0.2) is 9.97 Å². The molecule has 1 unspecified atom stereocenters. The lowest BCUT2D eigenvalue weighted by molar-refractivity contribution is -0.383. The third-order valence-electron chi connectivity index (χ3n) is 3.07. The predicted molar refractivity (Wildman–Crippen MR) is 74.9 cm³/mol. The number of nitrogens with zero attached hydrogens (tertiary/aromatic N) is 3. The van der Waals surface area contributed by atoms with E-state index in [0.717, 1.165) is 25.9 Å². The Bertz CT molecular complexity index is 462. The van der Waals surface area contributed by atoms with Crippen LogP contribution >= 0.6 is 0 Å². The van der Waals surface area contributed by atoms with Crippen LogP contribution in [0.4, 0.5) is 17.3 Å². The highest BCUT2D eigenvalue weighted by Gasteiger charge is 2.24. The van der Waals surface area contributed by atoms with E-state index in [0.29, 0.717) is 13.1 Å². The van der Waals surface area contributed by atoms with Gasteiger partial charge in [0.25, 0.3) is 0 Å². The van der Waals surface area contributed by atoms with E-state index < -0.39 is 4.92 Å². The summed E-state index contributed by atoms with van der Waals surface area (Å²) < 4.78 is 5.48. The van der Waals surface area contributed by atoms with E-state index in [-0.39, 0.29) is 23.4 Å². The summed E-state index contributed by atoms with van der Waals surface area (Å²) in [7, 11) is 0. The van der Waals surface area contributed by atoms with Crippen molar-refractivity contribution in [3.8, 4) is 0 Å². The third kappa shape index (κ3) is 3.53. The summed E-state index contributed by atoms with van der Waals surface area (Å²) in [5.74, 6) is 0.487. The normalized spacial score (nSPS) is 17.9. The fourth-order valence-corrected chi connectivity index (χ4v) is 2.07. The number of nitrogens with one attached hydrogen (secondary N) is 2. The zero-order chi connectivity index (χ0) is 14.4. The Morgan fingerprint density at radius 3 is 2.80 bits per heavy atom. The van der Waals surface area contributed by atoms with E-state index in [1.807, 2.05) is 6.92 Å². The molecule has 2 N–H and O–H groups in total. The lowest BCUT2D eigenvalue weighted by Crippen LogP contribution is -2.20. The van der Waals surface area contributed by atoms with Gasteiger partial charge in [-0.2, -0.15) is 0 Å². The Kier molecular flexibility index (Phi) is 5.05. The number of hydrogen-bond donors (Lipinski definition) is 2. The van der Waals surface area contributed by atoms with E-state index in [2.05, 4.69) is 20.6 Å². The van der Waals surface area contributed by atoms with Crippen LogP contribution in [0.1, 0.15) is 26.2 Å². The molecule has 0 spiro atoms. The van der Waals surface area contributed by atoms with Gasteiger partial charge in [0.2, 0.25) is 11.6 Å². The first-order chi connectivity index (χ1) is 9.72. The van der Waals surface area contributed by atoms with E-state index in [9.17, 15) is 10.1 Å². The lowest BCUT2D eigenvalue weighted by atomic mass is 10.2. The van der Waals surface area contributed by atoms with Crippen molar-refractivity contribution in [2.45, 2.75) is 32.3 Å². The highest BCUT2D eigenvalue weighted by Crippen LogP contribution is 2.29. The zero-order valence-electron chi connectivity index (χ0n) is 11.5. The third-order valence-corrected chi connectivity index (χ3v) is 3.07. The molecule has 0 aromatic carbocycles. The Morgan fingerprint density at radius 2 is 2.20 bits per heavy atom. The number of hydrogen-bond acceptors (Lipinski definition) is 7. The van der Waals surface area contributed by atoms with E-state index >= 15 is 0 Å². The Labute approximate surface area is 117 Å². The number of aromatic nitrogens is 2. The SMILES string of the molecule is CCCNc1ncnc(NCC2CCCO2)c1[N+](=O)[O-]. The molecule has 8 nitrogen and oxygen atoms in total. The van der Waals surface area contributed by atoms with Crippen molar-refractivity contribution >= 4 is 17.3 Å². The summed E-state index contributed by atoms with van der Waals surface area (Å²) in [6.07, 6.45) is 4.27. The molecule has 0 amide bonds. The molecule has 0 aliphatic carbocycles. The van der Waals surface area contributed by atoms with Gasteiger partial charge in [0.1, 0.15) is 6.33 Å². The van der Waals surface area contributed by atoms with Crippen LogP contribution in [-0.4, -0.2) is 40.7 Å². The number of nitro groups is 1. The molecule has 20 heavy (non-hydrogen) atoms. The molecule has 1 saturated heterocycles. The second-order valence-corrected chi connectivity index (χ2v) is 4.62. The second-order valence-electron chi connectivity index (χ2n) is 4.62. The largest absolute Gasteiger partial charge is 0.376 e. The quantitative estimate of drug-likeness (QED) is 0.580. The summed E-state index contributed by atoms with van der Waals surface area (Å²) >= 11 is 0. The van der Waals surface area contributed by atoms with Crippen molar-refractivity contribution in [1.82, 2.24) is 9.97 Å². The van der Waals surface area contributed by atoms with Gasteiger partial charge in [-0.1, -0.05) is 6.92 Å². The van der Waals surface area contributed by atoms with Crippen molar-refractivity contribution < 1.29 is 9.66 Å². The maximum atomic E-state index is 11.2. The van der Waals surface area contributed by atoms with Crippen LogP contribution in [0.5, 0.6) is 0 Å². The van der Waals surface area contributed by atoms with Gasteiger partial charge in [0.15, 0.2) is 0 Å². The fourth-order valence-electron chi connectivity index (χ4n) is 2.07. The summed E-state index contributed by atoms with van der Waals surface area (Å²) in [5.41, 5.74) is -0.112. The molecule has 2 rings (SSSR count). The van der Waals surface area contributed by atoms with Crippen LogP contribution in [0, 0.1) is 10.1 Å². The zero-order valence-corrected chi connectivity index (χ0v) is 11.5. The lowest BCUT2D eigenvalue weighted by Gasteiger charge is -2.12. The average molecular weight is 281 g/mol. The Hall–Kier alpha value is -1.96. The molecule has 2 heterocycles. The van der Waals surface area contributed by atoms with Crippen LogP contribution < -0.4 is 10.6 Å². The molecule has 1 aliphatic rings. The topological polar surface area (TPSA) is 102 Å². The van der Waals surface area contributed by atoms with Gasteiger partial charge in [-0.3, -0.25) is 10.1 Å². The highest BCUT2D eigenvalue weighted by molar-refractivity contribution is 5.69. The van der Waals surface area contributed by atoms with Gasteiger partial charge in [-0.15, -0.1) is 0 Å². The van der Waals surface area contributed by atoms with Crippen molar-refractivity contribution in [2.24, 2.45) is 0 Å². The monoisotopic (exact) mass is 281 g/mol. The fraction of sp³-hybridized carbons (Fsp3) is 0.667. The van der Waals surface area contributed by atoms with E-state index in [1.165, 1.54) is 6.33 Å². The molecule has 1 aromatic rings. The first-order valence-corrected chi connectivity index (χ1v) is 6.81. The van der Waals surface area contributed by atoms with Crippen LogP contribution in [0.2, 0.25) is 0 Å². The summed E-state index contributed by atoms with van der Waals surface area (Å²) in [6.45, 7) is 3.88. The number of ether oxygens (including phenoxy) is 1. The first kappa shape index (κ1) is 14.4. The molecule has 1 fully saturated rings. The van der Waals surface area contributed by atoms with Crippen molar-refractivity contribution in [1.29, 1.82) is 0 Å². The van der Waals surface area contributed by atoms with Gasteiger partial charge < -0.3 is 15.4 Å². The number of anilines is 2. The minimum Gasteiger partial charge on any atom is -0.376 e. The smallest absolute Gasteiger partial charge is 0.353 e. The predicted octanol–water partition coefficient (Wildman–Crippen LogP) is 1.80. The first-order valence-electron chi connectivity index (χ1n) is 6.81. The maximum Gasteiger partial charge on any atom is 0.353 e. The summed E-state index contributed by atoms with van der Waals surface area (Å²) in [5, 5.41) is 17.2. The maximum absolute atomic E-state index is 11.2. The minimum atomic E-state index is -0.462. The number of rotatable bonds is 7. The van der Waals surface area contributed by atoms with Crippen LogP contribution in [0.25, 0.3) is 0 Å². The second kappa shape index (κ2) is 6.99. The standard InChI is InChI=1S/C12H19N5O3/c1-2-5-13-11-10(17(18)19)12(16-8-15-11)14-7-9-4-3-6-20-9/h8-9H,2-7H2,1H3,(H2,13,14,15,16). The molecule has 8 heteroatoms. The van der Waals surface area contributed by atoms with Crippen LogP contribution in [-0.2, 0) is 4.74 Å². The molecule has 1 aliphatic heterocycles. The molecular formula is C12H19N5O3. The van der Waals surface area contributed by atoms with Gasteiger partial charge in [-0.05, 0) is 19.3 Å². The van der Waals surface area contributed by atoms with Crippen molar-refractivity contribution in [3.63, 3.8) is 0 Å². The molecule has 0 radical (unpaired) electrons. The van der Waals surface area contributed by atoms with Gasteiger partial charge in [0.05, 0.1) is 11.0 Å². The molecular weight excluding hydrogens is 262 g/mol. The summed E-state index contributed by atoms with van der Waals surface area (Å²) in [4.78, 5) is 18.7. The van der Waals surface area contributed by atoms with Crippen molar-refractivity contribution in [3.05, 3.63) is 16.4 Å².